The fraction of sp³-hybridized carbons (Fsp3) is 0.263. The molecule has 3 aromatic heterocycles. The molecule has 0 amide bonds. The number of pyridine rings is 1. The Hall–Kier alpha value is -8.52. The Morgan fingerprint density at radius 2 is 1.10 bits per heavy atom. The van der Waals surface area contributed by atoms with Gasteiger partial charge in [0, 0.05) is 85.3 Å². The van der Waals surface area contributed by atoms with E-state index in [9.17, 15) is 0 Å². The molecule has 12 heteroatoms. The molecule has 3 aliphatic rings. The number of hydrogen-bond acceptors (Lipinski definition) is 7. The van der Waals surface area contributed by atoms with Crippen molar-refractivity contribution in [1.29, 1.82) is 0 Å². The largest absolute Gasteiger partial charge is 0.503 e. The van der Waals surface area contributed by atoms with Crippen LogP contribution in [0, 0.1) is 18.8 Å². The molecule has 9 aromatic rings. The van der Waals surface area contributed by atoms with Gasteiger partial charge in [-0.3, -0.25) is 4.98 Å². The van der Waals surface area contributed by atoms with E-state index in [1.807, 2.05) is 84.0 Å². The van der Waals surface area contributed by atoms with Crippen molar-refractivity contribution in [3.05, 3.63) is 252 Å². The van der Waals surface area contributed by atoms with Crippen LogP contribution in [0.5, 0.6) is 11.6 Å². The van der Waals surface area contributed by atoms with E-state index < -0.39 is 6.98 Å². The smallest absolute Gasteiger partial charge is 0.213 e. The van der Waals surface area contributed by atoms with Gasteiger partial charge in [-0.05, 0) is 149 Å². The third-order valence-corrected chi connectivity index (χ3v) is 17.1. The summed E-state index contributed by atoms with van der Waals surface area (Å²) in [6.07, 6.45) is 24.2. The van der Waals surface area contributed by atoms with E-state index in [2.05, 4.69) is 267 Å². The van der Waals surface area contributed by atoms with Gasteiger partial charge < -0.3 is 34.3 Å². The number of rotatable bonds is 8. The molecule has 0 spiro atoms. The number of ether oxygens (including phenoxy) is 1. The minimum atomic E-state index is -2.58. The molecule has 2 N–H and O–H groups in total. The monoisotopic (exact) mass is 1390 g/mol. The number of nitrogens with zero attached hydrogens (tertiary/aromatic N) is 6. The zero-order valence-corrected chi connectivity index (χ0v) is 57.9. The first-order chi connectivity index (χ1) is 44.4. The Kier molecular flexibility index (Phi) is 16.7. The Labute approximate surface area is 566 Å². The van der Waals surface area contributed by atoms with E-state index in [0.29, 0.717) is 28.0 Å². The second-order valence-electron chi connectivity index (χ2n) is 29.0. The number of fused-ring (bicyclic) bond motifs is 5. The number of allylic oxidation sites excluding steroid dienone is 8. The Balaban J connectivity index is 0.00000919. The first kappa shape index (κ1) is 61.0. The van der Waals surface area contributed by atoms with Crippen LogP contribution < -0.4 is 25.2 Å². The summed E-state index contributed by atoms with van der Waals surface area (Å²) >= 11 is 0. The van der Waals surface area contributed by atoms with Gasteiger partial charge in [0.1, 0.15) is 5.88 Å². The summed E-state index contributed by atoms with van der Waals surface area (Å²) in [7, 11) is 4.37. The summed E-state index contributed by atoms with van der Waals surface area (Å²) in [6.45, 7) is 33.5. The molecule has 0 aliphatic carbocycles. The maximum Gasteiger partial charge on any atom is 0.213 e. The predicted octanol–water partition coefficient (Wildman–Crippen LogP) is 19.4. The van der Waals surface area contributed by atoms with Crippen LogP contribution in [0.15, 0.2) is 195 Å². The molecule has 3 aliphatic heterocycles. The topological polar surface area (TPSA) is 75.4 Å². The van der Waals surface area contributed by atoms with E-state index >= 15 is 0 Å². The fourth-order valence-electron chi connectivity index (χ4n) is 12.1. The van der Waals surface area contributed by atoms with Crippen molar-refractivity contribution >= 4 is 81.1 Å². The third-order valence-electron chi connectivity index (χ3n) is 17.1. The normalized spacial score (nSPS) is 18.6. The standard InChI is InChI=1S/C80H83B2N8O.Pt/c1-76(2,3)52-33-36-67-58(43-52)57-35-34-56(50-71(57)90(67)75-86-65-29-17-18-30-68(65)87(75)16)91-72-49-55(48-66(85-72)73-61(79(10,11)12)46-54(78(7,8)9)47-62(73)80(13,14)15)88-51-89(70-32-20-19-31-69(70)88)74-59(63-27-25-41-83-39-23-21-37-81-63)44-53(77(4,5)6)45-60(74)64-28-26-42-84-40-24-22-38-82-64;/h17-48,51,83-84H,1-16H3;/q-3;/b37-21-,38-22-,39-23-,40-24-,41-25-,42-26-,63-27-,64-28-;/i16D3;. The number of aryl methyl sites for hydroxylation is 1. The van der Waals surface area contributed by atoms with Crippen molar-refractivity contribution in [2.24, 2.45) is 6.98 Å². The minimum absolute atomic E-state index is 0. The van der Waals surface area contributed by atoms with Crippen LogP contribution >= 0.6 is 0 Å². The molecule has 9 nitrogen and oxygen atoms in total. The molecular formula is C80H83B2N8OPt-3. The minimum Gasteiger partial charge on any atom is -0.503 e. The van der Waals surface area contributed by atoms with Gasteiger partial charge in [0.25, 0.3) is 0 Å². The molecular weight excluding hydrogens is 1310 g/mol. The molecule has 0 atom stereocenters. The maximum atomic E-state index is 8.94. The van der Waals surface area contributed by atoms with Crippen molar-refractivity contribution in [3.63, 3.8) is 0 Å². The van der Waals surface area contributed by atoms with E-state index in [1.165, 1.54) is 26.8 Å². The van der Waals surface area contributed by atoms with E-state index in [4.69, 9.17) is 18.8 Å². The van der Waals surface area contributed by atoms with Gasteiger partial charge in [-0.25, -0.2) is 4.98 Å². The van der Waals surface area contributed by atoms with Gasteiger partial charge in [0.05, 0.1) is 11.0 Å². The molecule has 92 heavy (non-hydrogen) atoms. The summed E-state index contributed by atoms with van der Waals surface area (Å²) in [5.41, 5.74) is 16.5. The summed E-state index contributed by atoms with van der Waals surface area (Å²) in [6, 6.07) is 45.4. The molecule has 6 aromatic carbocycles. The molecule has 2 radical (unpaired) electrons. The van der Waals surface area contributed by atoms with E-state index in [1.54, 1.807) is 6.07 Å². The molecule has 0 bridgehead atoms. The average Bonchev–Trinajstić information content (AvgIpc) is 1.64. The SMILES string of the molecule is [2H]C([2H])([2H])n1c(-n2c3[c-]c(Oc4[c-]c(N5[CH-]N(c6c(/C7=C/C=C\N/C=C\C=C/[B]7)cc(C(C)(C)C)cc6/C6=C/C=C\N/C=C\C=C/[B]6)c6ccccc65)cc(-c5c(C(C)(C)C)cc(C(C)(C)C)cc5C(C)(C)C)n4)ccc3c3cc(C(C)(C)C)ccc32)nc2ccccc21.[Pt]. The number of para-hydroxylation sites is 4. The second kappa shape index (κ2) is 25.2. The summed E-state index contributed by atoms with van der Waals surface area (Å²) in [5.74, 6) is 5.01. The number of imidazole rings is 1. The Morgan fingerprint density at radius 3 is 1.68 bits per heavy atom. The zero-order chi connectivity index (χ0) is 66.9. The van der Waals surface area contributed by atoms with Crippen LogP contribution in [0.4, 0.5) is 22.7 Å². The number of benzene rings is 6. The Morgan fingerprint density at radius 1 is 0.533 bits per heavy atom. The summed E-state index contributed by atoms with van der Waals surface area (Å²) in [4.78, 5) is 15.2. The van der Waals surface area contributed by atoms with Gasteiger partial charge in [0.2, 0.25) is 5.95 Å². The molecule has 0 saturated heterocycles. The summed E-state index contributed by atoms with van der Waals surface area (Å²) < 4.78 is 37.3. The number of aromatic nitrogens is 4. The molecule has 0 fully saturated rings. The maximum absolute atomic E-state index is 8.94. The van der Waals surface area contributed by atoms with Crippen LogP contribution in [-0.4, -0.2) is 33.7 Å². The number of hydrogen-bond donors (Lipinski definition) is 2. The number of nitrogens with one attached hydrogen (secondary N) is 2. The molecule has 468 valence electrons. The van der Waals surface area contributed by atoms with Gasteiger partial charge in [-0.2, -0.15) is 23.9 Å². The van der Waals surface area contributed by atoms with Crippen molar-refractivity contribution < 1.29 is 29.9 Å². The van der Waals surface area contributed by atoms with Gasteiger partial charge >= 0.3 is 0 Å². The molecule has 12 rings (SSSR count). The molecule has 6 heterocycles. The van der Waals surface area contributed by atoms with Crippen LogP contribution in [0.2, 0.25) is 0 Å². The quantitative estimate of drug-likeness (QED) is 0.116. The van der Waals surface area contributed by atoms with E-state index in [0.717, 1.165) is 72.2 Å². The fourth-order valence-corrected chi connectivity index (χ4v) is 12.1. The molecule has 0 unspecified atom stereocenters. The van der Waals surface area contributed by atoms with Crippen LogP contribution in [0.25, 0.3) is 61.0 Å². The first-order valence-corrected chi connectivity index (χ1v) is 31.6. The predicted molar refractivity (Wildman–Crippen MR) is 386 cm³/mol. The van der Waals surface area contributed by atoms with Crippen LogP contribution in [0.1, 0.15) is 147 Å². The van der Waals surface area contributed by atoms with E-state index in [-0.39, 0.29) is 60.0 Å². The zero-order valence-electron chi connectivity index (χ0n) is 58.6. The third kappa shape index (κ3) is 13.0. The second-order valence-corrected chi connectivity index (χ2v) is 29.0. The van der Waals surface area contributed by atoms with Gasteiger partial charge in [0.15, 0.2) is 14.6 Å². The Bertz CT molecular complexity index is 4600. The van der Waals surface area contributed by atoms with Crippen LogP contribution in [-0.2, 0) is 55.1 Å². The van der Waals surface area contributed by atoms with Crippen LogP contribution in [0.3, 0.4) is 0 Å². The first-order valence-electron chi connectivity index (χ1n) is 33.1. The van der Waals surface area contributed by atoms with Crippen molar-refractivity contribution in [3.8, 4) is 28.8 Å². The van der Waals surface area contributed by atoms with Crippen molar-refractivity contribution in [2.45, 2.75) is 131 Å². The van der Waals surface area contributed by atoms with Crippen molar-refractivity contribution in [1.82, 2.24) is 29.7 Å². The molecule has 0 saturated carbocycles. The van der Waals surface area contributed by atoms with Gasteiger partial charge in [-0.15, -0.1) is 36.1 Å². The average molecular weight is 1390 g/mol. The van der Waals surface area contributed by atoms with Crippen molar-refractivity contribution in [2.75, 3.05) is 9.80 Å². The summed E-state index contributed by atoms with van der Waals surface area (Å²) in [5, 5.41) is 8.37. The number of anilines is 4. The van der Waals surface area contributed by atoms with Gasteiger partial charge in [-0.1, -0.05) is 193 Å².